The van der Waals surface area contributed by atoms with Gasteiger partial charge in [-0.2, -0.15) is 0 Å². The van der Waals surface area contributed by atoms with Crippen LogP contribution in [0.3, 0.4) is 0 Å². The molecule has 3 atom stereocenters. The van der Waals surface area contributed by atoms with Crippen LogP contribution in [0, 0.1) is 5.92 Å². The van der Waals surface area contributed by atoms with E-state index < -0.39 is 6.10 Å². The molecule has 1 aromatic carbocycles. The highest BCUT2D eigenvalue weighted by molar-refractivity contribution is 5.29. The van der Waals surface area contributed by atoms with Gasteiger partial charge in [-0.15, -0.1) is 0 Å². The molecule has 112 valence electrons. The van der Waals surface area contributed by atoms with Gasteiger partial charge in [0.15, 0.2) is 0 Å². The van der Waals surface area contributed by atoms with E-state index in [4.69, 9.17) is 9.47 Å². The van der Waals surface area contributed by atoms with Crippen LogP contribution in [0.4, 0.5) is 0 Å². The minimum absolute atomic E-state index is 0.116. The lowest BCUT2D eigenvalue weighted by Gasteiger charge is -2.29. The van der Waals surface area contributed by atoms with E-state index in [-0.39, 0.29) is 6.04 Å². The summed E-state index contributed by atoms with van der Waals surface area (Å²) in [6, 6.07) is 7.77. The molecule has 0 saturated carbocycles. The molecular weight excluding hydrogens is 254 g/mol. The fourth-order valence-electron chi connectivity index (χ4n) is 2.88. The summed E-state index contributed by atoms with van der Waals surface area (Å²) in [6.07, 6.45) is 0.676. The fraction of sp³-hybridized carbons (Fsp3) is 0.625. The smallest absolute Gasteiger partial charge is 0.118 e. The first-order chi connectivity index (χ1) is 9.65. The van der Waals surface area contributed by atoms with E-state index in [1.807, 2.05) is 24.3 Å². The molecule has 2 rings (SSSR count). The molecule has 4 heteroatoms. The number of hydrogen-bond donors (Lipinski definition) is 1. The summed E-state index contributed by atoms with van der Waals surface area (Å²) < 4.78 is 10.4. The van der Waals surface area contributed by atoms with Crippen LogP contribution in [-0.2, 0) is 4.74 Å². The lowest BCUT2D eigenvalue weighted by Crippen LogP contribution is -2.36. The van der Waals surface area contributed by atoms with E-state index in [1.165, 1.54) is 0 Å². The van der Waals surface area contributed by atoms with Crippen molar-refractivity contribution in [3.05, 3.63) is 29.8 Å². The Morgan fingerprint density at radius 2 is 2.00 bits per heavy atom. The first kappa shape index (κ1) is 15.3. The van der Waals surface area contributed by atoms with Gasteiger partial charge in [0.1, 0.15) is 5.75 Å². The Morgan fingerprint density at radius 3 is 2.60 bits per heavy atom. The van der Waals surface area contributed by atoms with Crippen molar-refractivity contribution in [1.29, 1.82) is 0 Å². The van der Waals surface area contributed by atoms with Crippen molar-refractivity contribution in [2.24, 2.45) is 5.92 Å². The number of hydrogen-bond acceptors (Lipinski definition) is 4. The number of likely N-dealkylation sites (tertiary alicyclic amines) is 1. The van der Waals surface area contributed by atoms with Gasteiger partial charge < -0.3 is 14.6 Å². The SMILES string of the molecule is COCC1CCN(C(C)C(O)c2ccc(OC)cc2)C1. The van der Waals surface area contributed by atoms with Gasteiger partial charge >= 0.3 is 0 Å². The second-order valence-electron chi connectivity index (χ2n) is 5.56. The van der Waals surface area contributed by atoms with Crippen molar-refractivity contribution < 1.29 is 14.6 Å². The molecule has 0 spiro atoms. The highest BCUT2D eigenvalue weighted by Crippen LogP contribution is 2.27. The van der Waals surface area contributed by atoms with Crippen molar-refractivity contribution in [1.82, 2.24) is 4.90 Å². The first-order valence-electron chi connectivity index (χ1n) is 7.20. The van der Waals surface area contributed by atoms with Gasteiger partial charge in [-0.25, -0.2) is 0 Å². The number of ether oxygens (including phenoxy) is 2. The third kappa shape index (κ3) is 3.51. The van der Waals surface area contributed by atoms with E-state index in [1.54, 1.807) is 14.2 Å². The van der Waals surface area contributed by atoms with Crippen LogP contribution in [0.2, 0.25) is 0 Å². The predicted molar refractivity (Wildman–Crippen MR) is 79.0 cm³/mol. The van der Waals surface area contributed by atoms with E-state index in [9.17, 15) is 5.11 Å². The zero-order chi connectivity index (χ0) is 14.5. The molecule has 1 heterocycles. The standard InChI is InChI=1S/C16H25NO3/c1-12(17-9-8-13(10-17)11-19-2)16(18)14-4-6-15(20-3)7-5-14/h4-7,12-13,16,18H,8-11H2,1-3H3. The van der Waals surface area contributed by atoms with Crippen LogP contribution in [0.15, 0.2) is 24.3 Å². The molecular formula is C16H25NO3. The van der Waals surface area contributed by atoms with E-state index >= 15 is 0 Å². The molecule has 0 radical (unpaired) electrons. The summed E-state index contributed by atoms with van der Waals surface area (Å²) >= 11 is 0. The third-order valence-corrected chi connectivity index (χ3v) is 4.21. The number of methoxy groups -OCH3 is 2. The summed E-state index contributed by atoms with van der Waals surface area (Å²) in [5.74, 6) is 1.40. The Bertz CT molecular complexity index is 407. The van der Waals surface area contributed by atoms with Gasteiger partial charge in [-0.3, -0.25) is 4.90 Å². The molecule has 0 amide bonds. The van der Waals surface area contributed by atoms with E-state index in [0.29, 0.717) is 5.92 Å². The molecule has 0 aliphatic carbocycles. The average Bonchev–Trinajstić information content (AvgIpc) is 2.95. The zero-order valence-corrected chi connectivity index (χ0v) is 12.6. The van der Waals surface area contributed by atoms with Crippen LogP contribution < -0.4 is 4.74 Å². The van der Waals surface area contributed by atoms with Gasteiger partial charge in [0.25, 0.3) is 0 Å². The van der Waals surface area contributed by atoms with Crippen LogP contribution in [0.5, 0.6) is 5.75 Å². The minimum Gasteiger partial charge on any atom is -0.497 e. The van der Waals surface area contributed by atoms with Crippen LogP contribution in [-0.4, -0.2) is 50.0 Å². The predicted octanol–water partition coefficient (Wildman–Crippen LogP) is 2.09. The highest BCUT2D eigenvalue weighted by atomic mass is 16.5. The first-order valence-corrected chi connectivity index (χ1v) is 7.20. The van der Waals surface area contributed by atoms with Gasteiger partial charge in [0.2, 0.25) is 0 Å². The molecule has 1 fully saturated rings. The quantitative estimate of drug-likeness (QED) is 0.866. The molecule has 0 aromatic heterocycles. The molecule has 1 aromatic rings. The average molecular weight is 279 g/mol. The fourth-order valence-corrected chi connectivity index (χ4v) is 2.88. The lowest BCUT2D eigenvalue weighted by molar-refractivity contribution is 0.0655. The number of rotatable bonds is 6. The number of benzene rings is 1. The summed E-state index contributed by atoms with van der Waals surface area (Å²) in [5.41, 5.74) is 0.938. The third-order valence-electron chi connectivity index (χ3n) is 4.21. The molecule has 1 saturated heterocycles. The Morgan fingerprint density at radius 1 is 1.30 bits per heavy atom. The maximum absolute atomic E-state index is 10.5. The summed E-state index contributed by atoms with van der Waals surface area (Å²) in [5, 5.41) is 10.5. The number of aliphatic hydroxyl groups is 1. The summed E-state index contributed by atoms with van der Waals surface area (Å²) in [7, 11) is 3.40. The lowest BCUT2D eigenvalue weighted by atomic mass is 10.0. The molecule has 1 aliphatic rings. The Kier molecular flexibility index (Phi) is 5.40. The summed E-state index contributed by atoms with van der Waals surface area (Å²) in [6.45, 7) is 4.93. The van der Waals surface area contributed by atoms with Crippen molar-refractivity contribution >= 4 is 0 Å². The van der Waals surface area contributed by atoms with Gasteiger partial charge in [0.05, 0.1) is 19.8 Å². The zero-order valence-electron chi connectivity index (χ0n) is 12.6. The molecule has 1 aliphatic heterocycles. The van der Waals surface area contributed by atoms with E-state index in [2.05, 4.69) is 11.8 Å². The van der Waals surface area contributed by atoms with Crippen molar-refractivity contribution in [3.63, 3.8) is 0 Å². The Balaban J connectivity index is 1.95. The highest BCUT2D eigenvalue weighted by Gasteiger charge is 2.30. The molecule has 0 bridgehead atoms. The maximum Gasteiger partial charge on any atom is 0.118 e. The molecule has 1 N–H and O–H groups in total. The minimum atomic E-state index is -0.470. The van der Waals surface area contributed by atoms with E-state index in [0.717, 1.165) is 37.4 Å². The Labute approximate surface area is 121 Å². The normalized spacial score (nSPS) is 22.7. The molecule has 3 unspecified atom stereocenters. The maximum atomic E-state index is 10.5. The van der Waals surface area contributed by atoms with Crippen LogP contribution >= 0.6 is 0 Å². The topological polar surface area (TPSA) is 41.9 Å². The Hall–Kier alpha value is -1.10. The van der Waals surface area contributed by atoms with Gasteiger partial charge in [0, 0.05) is 19.7 Å². The number of aliphatic hydroxyl groups excluding tert-OH is 1. The van der Waals surface area contributed by atoms with Gasteiger partial charge in [-0.1, -0.05) is 12.1 Å². The van der Waals surface area contributed by atoms with Crippen molar-refractivity contribution in [2.45, 2.75) is 25.5 Å². The number of nitrogens with zero attached hydrogens (tertiary/aromatic N) is 1. The monoisotopic (exact) mass is 279 g/mol. The molecule has 20 heavy (non-hydrogen) atoms. The second kappa shape index (κ2) is 7.07. The summed E-state index contributed by atoms with van der Waals surface area (Å²) in [4.78, 5) is 2.35. The van der Waals surface area contributed by atoms with Crippen LogP contribution in [0.25, 0.3) is 0 Å². The second-order valence-corrected chi connectivity index (χ2v) is 5.56. The molecule has 4 nitrogen and oxygen atoms in total. The largest absolute Gasteiger partial charge is 0.497 e. The van der Waals surface area contributed by atoms with Crippen molar-refractivity contribution in [2.75, 3.05) is 33.9 Å². The van der Waals surface area contributed by atoms with Gasteiger partial charge in [-0.05, 0) is 43.5 Å². The van der Waals surface area contributed by atoms with Crippen LogP contribution in [0.1, 0.15) is 25.0 Å². The van der Waals surface area contributed by atoms with Crippen molar-refractivity contribution in [3.8, 4) is 5.75 Å².